The number of hydrogen-bond acceptors (Lipinski definition) is 3. The quantitative estimate of drug-likeness (QED) is 0.880. The maximum absolute atomic E-state index is 11.9. The molecule has 94 valence electrons. The largest absolute Gasteiger partial charge is 0.480 e. The van der Waals surface area contributed by atoms with E-state index in [9.17, 15) is 13.2 Å². The van der Waals surface area contributed by atoms with Crippen LogP contribution in [0.1, 0.15) is 12.5 Å². The highest BCUT2D eigenvalue weighted by Gasteiger charge is 2.31. The van der Waals surface area contributed by atoms with E-state index >= 15 is 0 Å². The molecule has 17 heavy (non-hydrogen) atoms. The van der Waals surface area contributed by atoms with Gasteiger partial charge in [0.2, 0.25) is 10.0 Å². The number of carbonyl (C=O) groups is 1. The number of aliphatic carboxylic acids is 1. The van der Waals surface area contributed by atoms with Gasteiger partial charge in [-0.3, -0.25) is 9.10 Å². The van der Waals surface area contributed by atoms with Gasteiger partial charge in [0.25, 0.3) is 0 Å². The number of aryl methyl sites for hydroxylation is 1. The van der Waals surface area contributed by atoms with Crippen LogP contribution >= 0.6 is 0 Å². The lowest BCUT2D eigenvalue weighted by Gasteiger charge is -2.21. The zero-order valence-electron chi connectivity index (χ0n) is 9.91. The summed E-state index contributed by atoms with van der Waals surface area (Å²) in [6, 6.07) is 6.82. The van der Waals surface area contributed by atoms with Crippen molar-refractivity contribution >= 4 is 21.7 Å². The molecule has 0 aliphatic rings. The van der Waals surface area contributed by atoms with E-state index < -0.39 is 21.2 Å². The summed E-state index contributed by atoms with van der Waals surface area (Å²) in [4.78, 5) is 10.7. The highest BCUT2D eigenvalue weighted by molar-refractivity contribution is 7.94. The molecule has 0 radical (unpaired) electrons. The van der Waals surface area contributed by atoms with Crippen molar-refractivity contribution in [1.82, 2.24) is 0 Å². The number of hydrogen-bond donors (Lipinski definition) is 1. The van der Waals surface area contributed by atoms with Gasteiger partial charge < -0.3 is 5.11 Å². The summed E-state index contributed by atoms with van der Waals surface area (Å²) in [6.07, 6.45) is 0. The van der Waals surface area contributed by atoms with Gasteiger partial charge in [0.05, 0.1) is 5.69 Å². The van der Waals surface area contributed by atoms with Crippen molar-refractivity contribution in [2.45, 2.75) is 19.1 Å². The molecule has 0 bridgehead atoms. The van der Waals surface area contributed by atoms with E-state index in [4.69, 9.17) is 5.11 Å². The van der Waals surface area contributed by atoms with Crippen LogP contribution in [0.2, 0.25) is 0 Å². The smallest absolute Gasteiger partial charge is 0.323 e. The molecule has 0 saturated carbocycles. The van der Waals surface area contributed by atoms with Crippen LogP contribution in [0.5, 0.6) is 0 Å². The van der Waals surface area contributed by atoms with Crippen LogP contribution in [0.4, 0.5) is 5.69 Å². The minimum atomic E-state index is -3.87. The molecule has 1 N–H and O–H groups in total. The third-order valence-electron chi connectivity index (χ3n) is 2.57. The second-order valence-electron chi connectivity index (χ2n) is 3.83. The van der Waals surface area contributed by atoms with Crippen LogP contribution in [0, 0.1) is 6.92 Å². The number of carboxylic acid groups (broad SMARTS) is 1. The van der Waals surface area contributed by atoms with Crippen molar-refractivity contribution in [2.24, 2.45) is 0 Å². The van der Waals surface area contributed by atoms with E-state index in [-0.39, 0.29) is 0 Å². The van der Waals surface area contributed by atoms with Gasteiger partial charge in [0, 0.05) is 7.05 Å². The van der Waals surface area contributed by atoms with Crippen LogP contribution in [-0.2, 0) is 14.8 Å². The predicted octanol–water partition coefficient (Wildman–Crippen LogP) is 1.23. The molecular formula is C11H15NO4S. The molecule has 0 aliphatic carbocycles. The van der Waals surface area contributed by atoms with Crippen LogP contribution in [-0.4, -0.2) is 31.8 Å². The van der Waals surface area contributed by atoms with E-state index in [0.717, 1.165) is 16.8 Å². The fourth-order valence-electron chi connectivity index (χ4n) is 1.27. The standard InChI is InChI=1S/C11H15NO4S/c1-8-4-6-10(7-5-8)12(3)17(15,16)9(2)11(13)14/h4-7,9H,1-3H3,(H,13,14). The van der Waals surface area contributed by atoms with Gasteiger partial charge in [-0.1, -0.05) is 17.7 Å². The number of anilines is 1. The minimum absolute atomic E-state index is 0.448. The average Bonchev–Trinajstić information content (AvgIpc) is 2.27. The molecule has 0 aliphatic heterocycles. The van der Waals surface area contributed by atoms with E-state index in [1.807, 2.05) is 6.92 Å². The zero-order valence-corrected chi connectivity index (χ0v) is 10.7. The maximum atomic E-state index is 11.9. The Kier molecular flexibility index (Phi) is 3.77. The van der Waals surface area contributed by atoms with Gasteiger partial charge in [0.15, 0.2) is 5.25 Å². The summed E-state index contributed by atoms with van der Waals surface area (Å²) in [6.45, 7) is 3.04. The van der Waals surface area contributed by atoms with Crippen molar-refractivity contribution in [2.75, 3.05) is 11.4 Å². The monoisotopic (exact) mass is 257 g/mol. The van der Waals surface area contributed by atoms with E-state index in [0.29, 0.717) is 5.69 Å². The third-order valence-corrected chi connectivity index (χ3v) is 4.64. The lowest BCUT2D eigenvalue weighted by Crippen LogP contribution is -2.38. The molecular weight excluding hydrogens is 242 g/mol. The Hall–Kier alpha value is -1.56. The molecule has 1 aromatic carbocycles. The van der Waals surface area contributed by atoms with Gasteiger partial charge in [0.1, 0.15) is 0 Å². The lowest BCUT2D eigenvalue weighted by atomic mass is 10.2. The van der Waals surface area contributed by atoms with Crippen molar-refractivity contribution in [1.29, 1.82) is 0 Å². The van der Waals surface area contributed by atoms with Crippen LogP contribution in [0.25, 0.3) is 0 Å². The highest BCUT2D eigenvalue weighted by Crippen LogP contribution is 2.19. The molecule has 0 fully saturated rings. The first-order valence-electron chi connectivity index (χ1n) is 5.04. The van der Waals surface area contributed by atoms with E-state index in [1.165, 1.54) is 7.05 Å². The molecule has 1 unspecified atom stereocenters. The van der Waals surface area contributed by atoms with Gasteiger partial charge >= 0.3 is 5.97 Å². The Balaban J connectivity index is 3.08. The Bertz CT molecular complexity index is 507. The van der Waals surface area contributed by atoms with Crippen molar-refractivity contribution in [3.8, 4) is 0 Å². The Labute approximate surface area is 101 Å². The molecule has 1 atom stereocenters. The molecule has 1 rings (SSSR count). The fraction of sp³-hybridized carbons (Fsp3) is 0.364. The Morgan fingerprint density at radius 1 is 1.29 bits per heavy atom. The zero-order chi connectivity index (χ0) is 13.2. The van der Waals surface area contributed by atoms with Crippen molar-refractivity contribution in [3.63, 3.8) is 0 Å². The normalized spacial score (nSPS) is 13.1. The van der Waals surface area contributed by atoms with Gasteiger partial charge in [-0.25, -0.2) is 8.42 Å². The average molecular weight is 257 g/mol. The lowest BCUT2D eigenvalue weighted by molar-refractivity contribution is -0.136. The molecule has 0 spiro atoms. The third kappa shape index (κ3) is 2.76. The number of nitrogens with zero attached hydrogens (tertiary/aromatic N) is 1. The van der Waals surface area contributed by atoms with E-state index in [2.05, 4.69) is 0 Å². The van der Waals surface area contributed by atoms with Gasteiger partial charge in [-0.2, -0.15) is 0 Å². The predicted molar refractivity (Wildman–Crippen MR) is 65.6 cm³/mol. The van der Waals surface area contributed by atoms with Gasteiger partial charge in [-0.05, 0) is 26.0 Å². The van der Waals surface area contributed by atoms with Crippen LogP contribution in [0.3, 0.4) is 0 Å². The van der Waals surface area contributed by atoms with Crippen LogP contribution in [0.15, 0.2) is 24.3 Å². The SMILES string of the molecule is Cc1ccc(N(C)S(=O)(=O)C(C)C(=O)O)cc1. The summed E-state index contributed by atoms with van der Waals surface area (Å²) < 4.78 is 24.8. The summed E-state index contributed by atoms with van der Waals surface area (Å²) in [5.41, 5.74) is 1.45. The molecule has 0 amide bonds. The summed E-state index contributed by atoms with van der Waals surface area (Å²) in [5.74, 6) is -1.36. The first-order valence-corrected chi connectivity index (χ1v) is 6.54. The van der Waals surface area contributed by atoms with E-state index in [1.54, 1.807) is 24.3 Å². The fourth-order valence-corrected chi connectivity index (χ4v) is 2.41. The second-order valence-corrected chi connectivity index (χ2v) is 6.11. The topological polar surface area (TPSA) is 74.7 Å². The molecule has 6 heteroatoms. The Morgan fingerprint density at radius 3 is 2.18 bits per heavy atom. The Morgan fingerprint density at radius 2 is 1.76 bits per heavy atom. The minimum Gasteiger partial charge on any atom is -0.480 e. The number of benzene rings is 1. The van der Waals surface area contributed by atoms with Crippen LogP contribution < -0.4 is 4.31 Å². The molecule has 0 aromatic heterocycles. The first kappa shape index (κ1) is 13.5. The van der Waals surface area contributed by atoms with Gasteiger partial charge in [-0.15, -0.1) is 0 Å². The second kappa shape index (κ2) is 4.75. The molecule has 1 aromatic rings. The summed E-state index contributed by atoms with van der Waals surface area (Å²) in [7, 11) is -2.52. The highest BCUT2D eigenvalue weighted by atomic mass is 32.2. The summed E-state index contributed by atoms with van der Waals surface area (Å²) in [5, 5.41) is 7.29. The number of carboxylic acids is 1. The van der Waals surface area contributed by atoms with Crippen molar-refractivity contribution < 1.29 is 18.3 Å². The molecule has 0 heterocycles. The van der Waals surface area contributed by atoms with Crippen molar-refractivity contribution in [3.05, 3.63) is 29.8 Å². The number of rotatable bonds is 4. The molecule has 0 saturated heterocycles. The maximum Gasteiger partial charge on any atom is 0.323 e. The first-order chi connectivity index (χ1) is 7.76. The summed E-state index contributed by atoms with van der Waals surface area (Å²) >= 11 is 0. The number of sulfonamides is 1. The molecule has 5 nitrogen and oxygen atoms in total.